The molecule has 5 heteroatoms. The van der Waals surface area contributed by atoms with Crippen LogP contribution >= 0.6 is 0 Å². The molecule has 2 heterocycles. The number of nitrogens with one attached hydrogen (secondary N) is 1. The highest BCUT2D eigenvalue weighted by Crippen LogP contribution is 2.24. The summed E-state index contributed by atoms with van der Waals surface area (Å²) >= 11 is 0. The third-order valence-electron chi connectivity index (χ3n) is 7.41. The van der Waals surface area contributed by atoms with E-state index in [-0.39, 0.29) is 23.8 Å². The zero-order valence-corrected chi connectivity index (χ0v) is 19.8. The first-order valence-corrected chi connectivity index (χ1v) is 12.5. The minimum absolute atomic E-state index is 0.0426. The van der Waals surface area contributed by atoms with Crippen LogP contribution in [0, 0.1) is 11.8 Å². The summed E-state index contributed by atoms with van der Waals surface area (Å²) in [4.78, 5) is 30.1. The molecule has 2 aromatic carbocycles. The second-order valence-corrected chi connectivity index (χ2v) is 9.65. The molecule has 2 fully saturated rings. The van der Waals surface area contributed by atoms with Crippen molar-refractivity contribution in [3.8, 4) is 0 Å². The lowest BCUT2D eigenvalue weighted by Crippen LogP contribution is -2.52. The topological polar surface area (TPSA) is 52.7 Å². The number of likely N-dealkylation sites (tertiary alicyclic amines) is 2. The van der Waals surface area contributed by atoms with Gasteiger partial charge in [-0.15, -0.1) is 0 Å². The normalized spacial score (nSPS) is 19.2. The van der Waals surface area contributed by atoms with Gasteiger partial charge >= 0.3 is 0 Å². The number of amides is 2. The molecule has 1 N–H and O–H groups in total. The molecule has 2 saturated heterocycles. The maximum atomic E-state index is 13.1. The van der Waals surface area contributed by atoms with Crippen LogP contribution in [0.25, 0.3) is 0 Å². The maximum Gasteiger partial charge on any atom is 0.239 e. The molecule has 0 saturated carbocycles. The zero-order chi connectivity index (χ0) is 23.0. The molecule has 1 unspecified atom stereocenters. The highest BCUT2D eigenvalue weighted by Gasteiger charge is 2.33. The number of rotatable bonds is 7. The molecule has 2 aliphatic heterocycles. The average Bonchev–Trinajstić information content (AvgIpc) is 2.88. The number of hydrogen-bond donors (Lipinski definition) is 1. The predicted octanol–water partition coefficient (Wildman–Crippen LogP) is 3.88. The molecule has 1 atom stereocenters. The van der Waals surface area contributed by atoms with Gasteiger partial charge < -0.3 is 10.2 Å². The van der Waals surface area contributed by atoms with Crippen molar-refractivity contribution in [2.24, 2.45) is 11.8 Å². The molecule has 5 nitrogen and oxygen atoms in total. The Kier molecular flexibility index (Phi) is 8.16. The second-order valence-electron chi connectivity index (χ2n) is 9.65. The molecule has 4 rings (SSSR count). The van der Waals surface area contributed by atoms with E-state index in [9.17, 15) is 9.59 Å². The first-order valence-electron chi connectivity index (χ1n) is 12.5. The summed E-state index contributed by atoms with van der Waals surface area (Å²) in [5.74, 6) is 1.09. The molecule has 2 aliphatic rings. The summed E-state index contributed by atoms with van der Waals surface area (Å²) in [7, 11) is 0. The Balaban J connectivity index is 1.18. The van der Waals surface area contributed by atoms with Gasteiger partial charge in [-0.3, -0.25) is 14.5 Å². The van der Waals surface area contributed by atoms with Crippen LogP contribution in [0.15, 0.2) is 60.7 Å². The van der Waals surface area contributed by atoms with E-state index in [0.717, 1.165) is 63.8 Å². The third kappa shape index (κ3) is 6.44. The molecule has 2 aromatic rings. The van der Waals surface area contributed by atoms with Crippen LogP contribution in [-0.2, 0) is 22.6 Å². The molecule has 0 radical (unpaired) electrons. The SMILES string of the molecule is CC(C(=O)N1CCC(Cc2ccccc2)CC1)N1CCC(C(=O)NCc2ccccc2)CC1. The Morgan fingerprint density at radius 1 is 0.848 bits per heavy atom. The van der Waals surface area contributed by atoms with Crippen molar-refractivity contribution in [3.05, 3.63) is 71.8 Å². The minimum Gasteiger partial charge on any atom is -0.352 e. The van der Waals surface area contributed by atoms with Crippen molar-refractivity contribution in [2.45, 2.75) is 51.6 Å². The monoisotopic (exact) mass is 447 g/mol. The van der Waals surface area contributed by atoms with E-state index in [0.29, 0.717) is 12.5 Å². The summed E-state index contributed by atoms with van der Waals surface area (Å²) < 4.78 is 0. The highest BCUT2D eigenvalue weighted by molar-refractivity contribution is 5.82. The van der Waals surface area contributed by atoms with Crippen molar-refractivity contribution < 1.29 is 9.59 Å². The lowest BCUT2D eigenvalue weighted by atomic mass is 9.90. The van der Waals surface area contributed by atoms with Crippen LogP contribution in [0.1, 0.15) is 43.7 Å². The lowest BCUT2D eigenvalue weighted by Gasteiger charge is -2.39. The van der Waals surface area contributed by atoms with Gasteiger partial charge in [0.25, 0.3) is 0 Å². The van der Waals surface area contributed by atoms with Crippen LogP contribution in [0.3, 0.4) is 0 Å². The quantitative estimate of drug-likeness (QED) is 0.701. The second kappa shape index (κ2) is 11.5. The molecule has 176 valence electrons. The van der Waals surface area contributed by atoms with E-state index in [2.05, 4.69) is 45.4 Å². The number of hydrogen-bond acceptors (Lipinski definition) is 3. The van der Waals surface area contributed by atoms with Gasteiger partial charge in [0.15, 0.2) is 0 Å². The van der Waals surface area contributed by atoms with E-state index in [1.807, 2.05) is 37.3 Å². The third-order valence-corrected chi connectivity index (χ3v) is 7.41. The van der Waals surface area contributed by atoms with Gasteiger partial charge in [0.1, 0.15) is 0 Å². The van der Waals surface area contributed by atoms with E-state index < -0.39 is 0 Å². The number of benzene rings is 2. The minimum atomic E-state index is -0.107. The molecule has 0 aliphatic carbocycles. The molecule has 0 spiro atoms. The van der Waals surface area contributed by atoms with Crippen molar-refractivity contribution >= 4 is 11.8 Å². The zero-order valence-electron chi connectivity index (χ0n) is 19.8. The summed E-state index contributed by atoms with van der Waals surface area (Å²) in [6, 6.07) is 20.6. The van der Waals surface area contributed by atoms with E-state index >= 15 is 0 Å². The van der Waals surface area contributed by atoms with E-state index in [1.165, 1.54) is 5.56 Å². The van der Waals surface area contributed by atoms with Crippen LogP contribution in [0.5, 0.6) is 0 Å². The van der Waals surface area contributed by atoms with E-state index in [1.54, 1.807) is 0 Å². The first kappa shape index (κ1) is 23.5. The summed E-state index contributed by atoms with van der Waals surface area (Å²) in [6.45, 7) is 5.95. The fraction of sp³-hybridized carbons (Fsp3) is 0.500. The molecule has 33 heavy (non-hydrogen) atoms. The Morgan fingerprint density at radius 2 is 1.42 bits per heavy atom. The largest absolute Gasteiger partial charge is 0.352 e. The van der Waals surface area contributed by atoms with Crippen molar-refractivity contribution in [2.75, 3.05) is 26.2 Å². The van der Waals surface area contributed by atoms with Crippen molar-refractivity contribution in [1.82, 2.24) is 15.1 Å². The Labute approximate surface area is 198 Å². The van der Waals surface area contributed by atoms with Gasteiger partial charge in [-0.05, 0) is 69.2 Å². The van der Waals surface area contributed by atoms with Gasteiger partial charge in [-0.2, -0.15) is 0 Å². The van der Waals surface area contributed by atoms with E-state index in [4.69, 9.17) is 0 Å². The van der Waals surface area contributed by atoms with Gasteiger partial charge in [-0.25, -0.2) is 0 Å². The molecule has 0 bridgehead atoms. The molecular weight excluding hydrogens is 410 g/mol. The summed E-state index contributed by atoms with van der Waals surface area (Å²) in [6.07, 6.45) is 4.90. The number of carbonyl (C=O) groups excluding carboxylic acids is 2. The van der Waals surface area contributed by atoms with Gasteiger partial charge in [0.2, 0.25) is 11.8 Å². The van der Waals surface area contributed by atoms with Crippen LogP contribution in [0.4, 0.5) is 0 Å². The molecule has 0 aromatic heterocycles. The van der Waals surface area contributed by atoms with Gasteiger partial charge in [-0.1, -0.05) is 60.7 Å². The summed E-state index contributed by atoms with van der Waals surface area (Å²) in [5.41, 5.74) is 2.52. The highest BCUT2D eigenvalue weighted by atomic mass is 16.2. The number of piperidine rings is 2. The standard InChI is InChI=1S/C28H37N3O2/c1-22(28(33)31-16-12-24(13-17-31)20-23-8-4-2-5-9-23)30-18-14-26(15-19-30)27(32)29-21-25-10-6-3-7-11-25/h2-11,22,24,26H,12-21H2,1H3,(H,29,32). The Morgan fingerprint density at radius 3 is 2.03 bits per heavy atom. The first-order chi connectivity index (χ1) is 16.1. The van der Waals surface area contributed by atoms with Crippen molar-refractivity contribution in [1.29, 1.82) is 0 Å². The van der Waals surface area contributed by atoms with Gasteiger partial charge in [0.05, 0.1) is 6.04 Å². The molecule has 2 amide bonds. The van der Waals surface area contributed by atoms with Crippen molar-refractivity contribution in [3.63, 3.8) is 0 Å². The lowest BCUT2D eigenvalue weighted by molar-refractivity contribution is -0.138. The van der Waals surface area contributed by atoms with Gasteiger partial charge in [0, 0.05) is 25.6 Å². The Hall–Kier alpha value is -2.66. The summed E-state index contributed by atoms with van der Waals surface area (Å²) in [5, 5.41) is 3.08. The average molecular weight is 448 g/mol. The maximum absolute atomic E-state index is 13.1. The predicted molar refractivity (Wildman–Crippen MR) is 131 cm³/mol. The smallest absolute Gasteiger partial charge is 0.239 e. The van der Waals surface area contributed by atoms with Crippen LogP contribution < -0.4 is 5.32 Å². The fourth-order valence-corrected chi connectivity index (χ4v) is 5.20. The number of carbonyl (C=O) groups is 2. The molecular formula is C28H37N3O2. The van der Waals surface area contributed by atoms with Crippen LogP contribution in [0.2, 0.25) is 0 Å². The number of nitrogens with zero attached hydrogens (tertiary/aromatic N) is 2. The van der Waals surface area contributed by atoms with Crippen LogP contribution in [-0.4, -0.2) is 53.8 Å². The fourth-order valence-electron chi connectivity index (χ4n) is 5.20. The Bertz CT molecular complexity index is 886.